The van der Waals surface area contributed by atoms with Crippen LogP contribution in [0.15, 0.2) is 133 Å². The first-order chi connectivity index (χ1) is 64.3. The molecule has 0 spiro atoms. The number of benzene rings is 7. The van der Waals surface area contributed by atoms with Crippen LogP contribution < -0.4 is 67.6 Å². The SMILES string of the molecule is CN[C@@H](C(=O)N[C@H]1C(=O)N[C@@H](c2ccc(O)cc2)C(=O)N[C@H]2C(=O)N[C@H]3C(=O)N[C@H](C(=O)N[C@H](C(=O)O)c4cc(O)cc(O)c4-c4cc3ccc4O)[C@H](O[C@H]3C[C@@H](N)[C@@H](O)[C@H](C)O3)c3ccc(c(Cl)c3)Oc3cc2cc(c3O[C@@H]2O[C@H](CO)[C@@H](O)[C@H](O)[C@H]2O[C@H]2C[C@@H](N)[C@@H](O)[C@H](C)O2)Oc2ccc(cc2)[C@H]1O[C@H]1O[C@H](CO)[C@@H](O)[C@H](O)[C@@H]1O)c1ccc(O[C@@H]2O[C@@H](C)[C@H](O)[C@@H](O)[C@H]2O)cc1. The molecular weight excluding hydrogens is 1810 g/mol. The number of carboxylic acids is 1. The number of likely N-dealkylation sites (N-methyl/N-ethyl adjacent to an activating group) is 1. The molecular formula is C89H102ClN9O36. The number of nitrogens with two attached hydrogens (primary N) is 2. The normalized spacial score (nSPS) is 34.2. The van der Waals surface area contributed by atoms with E-state index in [-0.39, 0.29) is 46.6 Å². The Morgan fingerprint density at radius 3 is 1.64 bits per heavy atom. The van der Waals surface area contributed by atoms with Gasteiger partial charge in [0.2, 0.25) is 53.8 Å². The topological polar surface area (TPSA) is 710 Å². The molecule has 0 aromatic heterocycles. The summed E-state index contributed by atoms with van der Waals surface area (Å²) in [7, 11) is 1.34. The van der Waals surface area contributed by atoms with Crippen molar-refractivity contribution in [2.75, 3.05) is 20.3 Å². The summed E-state index contributed by atoms with van der Waals surface area (Å²) < 4.78 is 76.1. The van der Waals surface area contributed by atoms with Crippen LogP contribution in [0.5, 0.6) is 57.5 Å². The van der Waals surface area contributed by atoms with Gasteiger partial charge in [0.1, 0.15) is 150 Å². The van der Waals surface area contributed by atoms with Gasteiger partial charge in [-0.05, 0) is 140 Å². The number of amides is 6. The number of fused-ring (bicyclic) bond motifs is 15. The summed E-state index contributed by atoms with van der Waals surface area (Å²) in [4.78, 5) is 112. The van der Waals surface area contributed by atoms with Gasteiger partial charge in [-0.25, -0.2) is 4.79 Å². The van der Waals surface area contributed by atoms with Gasteiger partial charge >= 0.3 is 5.97 Å². The van der Waals surface area contributed by atoms with E-state index in [0.29, 0.717) is 0 Å². The Hall–Kier alpha value is -11.4. The highest BCUT2D eigenvalue weighted by Crippen LogP contribution is 2.51. The van der Waals surface area contributed by atoms with Crippen LogP contribution in [0, 0.1) is 0 Å². The van der Waals surface area contributed by atoms with Crippen LogP contribution >= 0.6 is 11.6 Å². The van der Waals surface area contributed by atoms with Crippen LogP contribution in [0.1, 0.15) is 115 Å². The standard InChI is InChI=1S/C89H102ClN9O36/c1-31-66(106)47(91)27-56(124-31)132-77-38-12-20-51(46(90)22-38)129-53-24-39-23-52(78(53)135-89-79(73(113)70(110)55(30-101)131-89)133-57-28-48(92)67(107)32(2)125-57)127-42-17-9-36(10-18-42)76(134-88-75(115)72(112)69(109)54(29-100)130-88)64(98-80(116)59(93-4)34-7-15-43(16-8-34)128-87-74(114)71(111)68(108)33(3)126-87)84(120)94-60(35-5-13-40(102)14-6-35)81(117)96-62(39)83(119)95-61-37-11-19-49(104)44(21-37)58-45(25-41(103)26-50(58)105)63(86(122)123)97-85(121)65(77)99-82(61)118/h5-26,31-33,47-48,54-57,59-77,79,87-89,93,100-115H,27-30,91-92H2,1-4H3,(H,94,120)(H,95,119)(H,96,117)(H,97,121)(H,98,116)(H,99,118)(H,122,123)/t31-,32-,33-,47+,48+,54+,55+,56-,57-,59+,60-,61+,62+,63-,64+,65-,66-,67-,68-,69+,70+,71+,72-,73-,74+,75-,76+,77+,79+,87-,88+,89-/m0/s1. The molecule has 0 unspecified atom stereocenters. The van der Waals surface area contributed by atoms with Crippen molar-refractivity contribution < 1.29 is 177 Å². The summed E-state index contributed by atoms with van der Waals surface area (Å²) in [5.41, 5.74) is 9.70. The van der Waals surface area contributed by atoms with E-state index in [1.165, 1.54) is 88.5 Å². The van der Waals surface area contributed by atoms with E-state index in [1.807, 2.05) is 0 Å². The van der Waals surface area contributed by atoms with Crippen LogP contribution in [0.4, 0.5) is 0 Å². The Morgan fingerprint density at radius 1 is 0.481 bits per heavy atom. The summed E-state index contributed by atoms with van der Waals surface area (Å²) in [5, 5.41) is 208. The van der Waals surface area contributed by atoms with Crippen LogP contribution in [0.3, 0.4) is 0 Å². The van der Waals surface area contributed by atoms with E-state index in [9.17, 15) is 91.6 Å². The number of carbonyl (C=O) groups excluding carboxylic acids is 6. The second-order valence-corrected chi connectivity index (χ2v) is 34.2. The molecule has 46 heteroatoms. The zero-order valence-corrected chi connectivity index (χ0v) is 72.7. The lowest BCUT2D eigenvalue weighted by Gasteiger charge is -2.44. The maximum absolute atomic E-state index is 16.9. The minimum absolute atomic E-state index is 0.00308. The minimum atomic E-state index is -2.46. The fourth-order valence-electron chi connectivity index (χ4n) is 17.2. The lowest BCUT2D eigenvalue weighted by Crippen LogP contribution is -2.62. The number of carboxylic acid groups (broad SMARTS) is 1. The highest BCUT2D eigenvalue weighted by Gasteiger charge is 2.53. The first-order valence-corrected chi connectivity index (χ1v) is 43.2. The van der Waals surface area contributed by atoms with Crippen molar-refractivity contribution in [3.8, 4) is 68.6 Å². The van der Waals surface area contributed by atoms with Gasteiger partial charge in [-0.15, -0.1) is 0 Å². The van der Waals surface area contributed by atoms with E-state index in [0.717, 1.165) is 72.8 Å². The van der Waals surface area contributed by atoms with Crippen LogP contribution in [-0.2, 0) is 71.5 Å². The highest BCUT2D eigenvalue weighted by molar-refractivity contribution is 6.32. The number of aliphatic hydroxyl groups is 12. The molecule has 0 aliphatic carbocycles. The van der Waals surface area contributed by atoms with Crippen molar-refractivity contribution >= 4 is 53.0 Å². The van der Waals surface area contributed by atoms with Gasteiger partial charge in [0, 0.05) is 47.7 Å². The van der Waals surface area contributed by atoms with Crippen molar-refractivity contribution in [3.05, 3.63) is 177 Å². The average Bonchev–Trinajstić information content (AvgIpc) is 0.771. The van der Waals surface area contributed by atoms with Gasteiger partial charge in [0.15, 0.2) is 42.5 Å². The predicted molar refractivity (Wildman–Crippen MR) is 456 cm³/mol. The van der Waals surface area contributed by atoms with Gasteiger partial charge in [-0.1, -0.05) is 60.1 Å². The Kier molecular flexibility index (Phi) is 29.7. The van der Waals surface area contributed by atoms with Crippen LogP contribution in [0.2, 0.25) is 5.02 Å². The van der Waals surface area contributed by atoms with E-state index >= 15 is 28.8 Å². The molecule has 45 nitrogen and oxygen atoms in total. The van der Waals surface area contributed by atoms with E-state index < -0.39 is 329 Å². The van der Waals surface area contributed by atoms with E-state index in [4.69, 9.17) is 79.9 Å². The third kappa shape index (κ3) is 20.5. The number of aromatic hydroxyl groups is 4. The number of hydrogen-bond acceptors (Lipinski definition) is 38. The molecule has 135 heavy (non-hydrogen) atoms. The summed E-state index contributed by atoms with van der Waals surface area (Å²) >= 11 is 7.44. The number of phenolic OH excluding ortho intramolecular Hbond substituents is 4. The van der Waals surface area contributed by atoms with Crippen molar-refractivity contribution in [2.24, 2.45) is 11.5 Å². The highest BCUT2D eigenvalue weighted by atomic mass is 35.5. The molecule has 5 fully saturated rings. The average molecular weight is 1910 g/mol. The molecule has 28 N–H and O–H groups in total. The summed E-state index contributed by atoms with van der Waals surface area (Å²) in [5.74, 6) is -15.8. The maximum atomic E-state index is 16.9. The molecule has 0 saturated carbocycles. The first-order valence-electron chi connectivity index (χ1n) is 42.8. The Morgan fingerprint density at radius 2 is 1.03 bits per heavy atom. The number of carbonyl (C=O) groups is 7. The largest absolute Gasteiger partial charge is 0.508 e. The summed E-state index contributed by atoms with van der Waals surface area (Å²) in [6, 6.07) is 7.36. The molecule has 11 bridgehead atoms. The van der Waals surface area contributed by atoms with Crippen LogP contribution in [0.25, 0.3) is 11.1 Å². The Labute approximate surface area is 771 Å². The maximum Gasteiger partial charge on any atom is 0.330 e. The minimum Gasteiger partial charge on any atom is -0.508 e. The molecule has 7 aromatic rings. The smallest absolute Gasteiger partial charge is 0.330 e. The molecule has 6 amide bonds. The van der Waals surface area contributed by atoms with Gasteiger partial charge in [-0.3, -0.25) is 28.8 Å². The molecule has 7 aromatic carbocycles. The molecule has 10 aliphatic rings. The molecule has 10 heterocycles. The first kappa shape index (κ1) is 98.1. The molecule has 5 saturated heterocycles. The van der Waals surface area contributed by atoms with Crippen LogP contribution in [-0.4, -0.2) is 302 Å². The fraction of sp³-hybridized carbons (Fsp3) is 0.449. The van der Waals surface area contributed by atoms with Crippen molar-refractivity contribution in [1.82, 2.24) is 37.2 Å². The second-order valence-electron chi connectivity index (χ2n) is 33.8. The molecule has 0 radical (unpaired) electrons. The van der Waals surface area contributed by atoms with Gasteiger partial charge in [0.05, 0.1) is 48.8 Å². The zero-order valence-electron chi connectivity index (χ0n) is 71.9. The number of aliphatic carboxylic acids is 1. The van der Waals surface area contributed by atoms with Gasteiger partial charge in [-0.2, -0.15) is 0 Å². The zero-order chi connectivity index (χ0) is 96.9. The number of halogens is 1. The Balaban J connectivity index is 0.951. The molecule has 10 aliphatic heterocycles. The summed E-state index contributed by atoms with van der Waals surface area (Å²) in [6.07, 6.45) is -40.2. The lowest BCUT2D eigenvalue weighted by atomic mass is 9.89. The Bertz CT molecular complexity index is 5480. The van der Waals surface area contributed by atoms with Gasteiger partial charge in [0.25, 0.3) is 0 Å². The monoisotopic (exact) mass is 1910 g/mol. The summed E-state index contributed by atoms with van der Waals surface area (Å²) in [6.45, 7) is 2.28. The fourth-order valence-corrected chi connectivity index (χ4v) is 17.4. The number of hydrogen-bond donors (Lipinski definition) is 26. The molecule has 17 rings (SSSR count). The predicted octanol–water partition coefficient (Wildman–Crippen LogP) is -2.53. The van der Waals surface area contributed by atoms with Crippen molar-refractivity contribution in [1.29, 1.82) is 0 Å². The molecule has 726 valence electrons. The van der Waals surface area contributed by atoms with Crippen molar-refractivity contribution in [3.63, 3.8) is 0 Å². The third-order valence-corrected chi connectivity index (χ3v) is 25.0. The second kappa shape index (κ2) is 40.9. The van der Waals surface area contributed by atoms with Gasteiger partial charge < -0.3 is 192 Å². The third-order valence-electron chi connectivity index (χ3n) is 24.7. The number of phenols is 4. The number of ether oxygens (including phenoxy) is 12. The number of nitrogens with one attached hydrogen (secondary N) is 7. The van der Waals surface area contributed by atoms with Crippen molar-refractivity contribution in [2.45, 2.75) is 229 Å². The molecule has 32 atom stereocenters. The number of rotatable bonds is 18. The lowest BCUT2D eigenvalue weighted by molar-refractivity contribution is -0.330. The quantitative estimate of drug-likeness (QED) is 0.0421. The van der Waals surface area contributed by atoms with E-state index in [1.54, 1.807) is 0 Å². The number of aliphatic hydroxyl groups excluding tert-OH is 12. The van der Waals surface area contributed by atoms with E-state index in [2.05, 4.69) is 37.2 Å².